The smallest absolute Gasteiger partial charge is 0.251 e. The molecule has 2 saturated carbocycles. The van der Waals surface area contributed by atoms with E-state index in [1.807, 2.05) is 6.33 Å². The van der Waals surface area contributed by atoms with E-state index >= 15 is 0 Å². The van der Waals surface area contributed by atoms with Crippen molar-refractivity contribution in [3.63, 3.8) is 0 Å². The lowest BCUT2D eigenvalue weighted by Gasteiger charge is -2.27. The zero-order valence-corrected chi connectivity index (χ0v) is 21.7. The van der Waals surface area contributed by atoms with Crippen molar-refractivity contribution in [2.24, 2.45) is 5.73 Å². The molecule has 2 aromatic heterocycles. The second-order valence-electron chi connectivity index (χ2n) is 9.75. The predicted octanol–water partition coefficient (Wildman–Crippen LogP) is 4.77. The number of carbonyl (C=O) groups is 1. The number of hydrogen-bond acceptors (Lipinski definition) is 7. The lowest BCUT2D eigenvalue weighted by Crippen LogP contribution is -2.33. The maximum atomic E-state index is 12.5. The van der Waals surface area contributed by atoms with E-state index in [1.54, 1.807) is 18.2 Å². The van der Waals surface area contributed by atoms with Crippen LogP contribution in [0.15, 0.2) is 24.5 Å². The average Bonchev–Trinajstić information content (AvgIpc) is 3.52. The monoisotopic (exact) mass is 530 g/mol. The molecule has 2 aliphatic rings. The normalized spacial score (nSPS) is 20.5. The van der Waals surface area contributed by atoms with Crippen molar-refractivity contribution >= 4 is 52.0 Å². The minimum Gasteiger partial charge on any atom is -0.366 e. The molecule has 9 nitrogen and oxygen atoms in total. The van der Waals surface area contributed by atoms with Gasteiger partial charge in [-0.05, 0) is 56.7 Å². The molecule has 5 rings (SSSR count). The van der Waals surface area contributed by atoms with Gasteiger partial charge in [-0.2, -0.15) is 9.97 Å². The number of nitrogens with two attached hydrogens (primary N) is 1. The van der Waals surface area contributed by atoms with E-state index in [1.165, 1.54) is 12.8 Å². The van der Waals surface area contributed by atoms with Crippen molar-refractivity contribution in [3.05, 3.63) is 40.1 Å². The molecule has 2 heterocycles. The van der Waals surface area contributed by atoms with Crippen molar-refractivity contribution < 1.29 is 4.79 Å². The molecular formula is C25H32Cl2N8O. The van der Waals surface area contributed by atoms with Gasteiger partial charge in [-0.15, -0.1) is 0 Å². The molecule has 0 atom stereocenters. The largest absolute Gasteiger partial charge is 0.366 e. The van der Waals surface area contributed by atoms with Crippen LogP contribution in [-0.4, -0.2) is 50.6 Å². The van der Waals surface area contributed by atoms with Crippen LogP contribution in [0.2, 0.25) is 10.0 Å². The summed E-state index contributed by atoms with van der Waals surface area (Å²) >= 11 is 12.0. The summed E-state index contributed by atoms with van der Waals surface area (Å²) in [4.78, 5) is 26.8. The van der Waals surface area contributed by atoms with Crippen LogP contribution in [-0.2, 0) is 0 Å². The highest BCUT2D eigenvalue weighted by atomic mass is 35.5. The van der Waals surface area contributed by atoms with Crippen molar-refractivity contribution in [1.82, 2.24) is 24.8 Å². The van der Waals surface area contributed by atoms with Crippen LogP contribution in [0.5, 0.6) is 0 Å². The van der Waals surface area contributed by atoms with E-state index < -0.39 is 0 Å². The molecule has 0 unspecified atom stereocenters. The van der Waals surface area contributed by atoms with Gasteiger partial charge >= 0.3 is 0 Å². The highest BCUT2D eigenvalue weighted by Crippen LogP contribution is 2.33. The SMILES string of the molecule is NC1CCC(Nc2nc(NCCNC(=O)c3cc(Cl)cc(Cl)c3)c3ncn(C4CCCC4)c3n2)CC1. The summed E-state index contributed by atoms with van der Waals surface area (Å²) in [5, 5.41) is 10.6. The molecule has 2 fully saturated rings. The highest BCUT2D eigenvalue weighted by molar-refractivity contribution is 6.35. The van der Waals surface area contributed by atoms with Gasteiger partial charge in [-0.3, -0.25) is 4.79 Å². The van der Waals surface area contributed by atoms with Crippen LogP contribution >= 0.6 is 23.2 Å². The van der Waals surface area contributed by atoms with Crippen LogP contribution in [0, 0.1) is 0 Å². The molecule has 192 valence electrons. The molecule has 1 aromatic carbocycles. The molecule has 36 heavy (non-hydrogen) atoms. The Morgan fingerprint density at radius 3 is 2.44 bits per heavy atom. The van der Waals surface area contributed by atoms with Crippen LogP contribution in [0.4, 0.5) is 11.8 Å². The molecule has 1 amide bonds. The molecular weight excluding hydrogens is 499 g/mol. The summed E-state index contributed by atoms with van der Waals surface area (Å²) in [6, 6.07) is 5.79. The summed E-state index contributed by atoms with van der Waals surface area (Å²) in [7, 11) is 0. The minimum atomic E-state index is -0.239. The van der Waals surface area contributed by atoms with Gasteiger partial charge in [0.1, 0.15) is 0 Å². The average molecular weight is 531 g/mol. The Morgan fingerprint density at radius 2 is 1.72 bits per heavy atom. The molecule has 11 heteroatoms. The fraction of sp³-hybridized carbons (Fsp3) is 0.520. The molecule has 0 spiro atoms. The number of imidazole rings is 1. The fourth-order valence-electron chi connectivity index (χ4n) is 5.14. The molecule has 0 saturated heterocycles. The van der Waals surface area contributed by atoms with Crippen LogP contribution in [0.1, 0.15) is 67.8 Å². The number of halogens is 2. The standard InChI is InChI=1S/C25H32Cl2N8O/c26-16-11-15(12-17(27)13-16)24(36)30-10-9-29-22-21-23(35(14-31-21)20-3-1-2-4-20)34-25(33-22)32-19-7-5-18(28)6-8-19/h11-14,18-20H,1-10,28H2,(H,30,36)(H2,29,32,33,34). The number of benzene rings is 1. The lowest BCUT2D eigenvalue weighted by atomic mass is 9.92. The fourth-order valence-corrected chi connectivity index (χ4v) is 5.67. The minimum absolute atomic E-state index is 0.239. The summed E-state index contributed by atoms with van der Waals surface area (Å²) in [6.45, 7) is 0.862. The molecule has 5 N–H and O–H groups in total. The van der Waals surface area contributed by atoms with Gasteiger partial charge in [0.15, 0.2) is 17.0 Å². The lowest BCUT2D eigenvalue weighted by molar-refractivity contribution is 0.0955. The van der Waals surface area contributed by atoms with Crippen LogP contribution in [0.3, 0.4) is 0 Å². The van der Waals surface area contributed by atoms with Crippen LogP contribution < -0.4 is 21.7 Å². The van der Waals surface area contributed by atoms with Gasteiger partial charge < -0.3 is 26.3 Å². The Hall–Kier alpha value is -2.62. The summed E-state index contributed by atoms with van der Waals surface area (Å²) in [5.74, 6) is 1.02. The Kier molecular flexibility index (Phi) is 7.79. The molecule has 0 aliphatic heterocycles. The summed E-state index contributed by atoms with van der Waals surface area (Å²) < 4.78 is 2.20. The van der Waals surface area contributed by atoms with Gasteiger partial charge in [-0.1, -0.05) is 36.0 Å². The zero-order chi connectivity index (χ0) is 25.1. The first-order chi connectivity index (χ1) is 17.5. The van der Waals surface area contributed by atoms with E-state index in [4.69, 9.17) is 38.9 Å². The Labute approximate surface area is 220 Å². The Balaban J connectivity index is 1.30. The predicted molar refractivity (Wildman–Crippen MR) is 144 cm³/mol. The first-order valence-corrected chi connectivity index (χ1v) is 13.5. The summed E-state index contributed by atoms with van der Waals surface area (Å²) in [6.07, 6.45) is 10.6. The van der Waals surface area contributed by atoms with E-state index in [9.17, 15) is 4.79 Å². The quantitative estimate of drug-likeness (QED) is 0.309. The topological polar surface area (TPSA) is 123 Å². The Morgan fingerprint density at radius 1 is 1.00 bits per heavy atom. The van der Waals surface area contributed by atoms with Crippen molar-refractivity contribution in [3.8, 4) is 0 Å². The van der Waals surface area contributed by atoms with Crippen molar-refractivity contribution in [2.75, 3.05) is 23.7 Å². The zero-order valence-electron chi connectivity index (χ0n) is 20.1. The number of fused-ring (bicyclic) bond motifs is 1. The van der Waals surface area contributed by atoms with Gasteiger partial charge in [0.25, 0.3) is 5.91 Å². The highest BCUT2D eigenvalue weighted by Gasteiger charge is 2.24. The molecule has 2 aliphatic carbocycles. The number of nitrogens with one attached hydrogen (secondary N) is 3. The first kappa shape index (κ1) is 25.0. The maximum absolute atomic E-state index is 12.5. The third-order valence-electron chi connectivity index (χ3n) is 7.07. The van der Waals surface area contributed by atoms with Crippen molar-refractivity contribution in [1.29, 1.82) is 0 Å². The first-order valence-electron chi connectivity index (χ1n) is 12.7. The number of rotatable bonds is 8. The number of amides is 1. The van der Waals surface area contributed by atoms with Gasteiger partial charge in [0.05, 0.1) is 6.33 Å². The maximum Gasteiger partial charge on any atom is 0.251 e. The van der Waals surface area contributed by atoms with Crippen molar-refractivity contribution in [2.45, 2.75) is 69.5 Å². The number of aromatic nitrogens is 4. The number of carbonyl (C=O) groups excluding carboxylic acids is 1. The molecule has 3 aromatic rings. The number of hydrogen-bond donors (Lipinski definition) is 4. The Bertz CT molecular complexity index is 1200. The van der Waals surface area contributed by atoms with E-state index in [2.05, 4.69) is 25.5 Å². The van der Waals surface area contributed by atoms with Crippen LogP contribution in [0.25, 0.3) is 11.2 Å². The number of anilines is 2. The molecule has 0 bridgehead atoms. The van der Waals surface area contributed by atoms with Gasteiger partial charge in [-0.25, -0.2) is 4.98 Å². The number of nitrogens with zero attached hydrogens (tertiary/aromatic N) is 4. The van der Waals surface area contributed by atoms with Gasteiger partial charge in [0.2, 0.25) is 5.95 Å². The van der Waals surface area contributed by atoms with E-state index in [0.29, 0.717) is 52.5 Å². The van der Waals surface area contributed by atoms with E-state index in [0.717, 1.165) is 49.7 Å². The summed E-state index contributed by atoms with van der Waals surface area (Å²) in [5.41, 5.74) is 8.09. The second kappa shape index (κ2) is 11.2. The third kappa shape index (κ3) is 5.85. The molecule has 0 radical (unpaired) electrons. The second-order valence-corrected chi connectivity index (χ2v) is 10.6. The van der Waals surface area contributed by atoms with E-state index in [-0.39, 0.29) is 11.9 Å². The third-order valence-corrected chi connectivity index (χ3v) is 7.51. The van der Waals surface area contributed by atoms with Gasteiger partial charge in [0, 0.05) is 46.8 Å².